The Hall–Kier alpha value is -0.780. The van der Waals surface area contributed by atoms with Crippen molar-refractivity contribution in [2.24, 2.45) is 0 Å². The van der Waals surface area contributed by atoms with Crippen LogP contribution in [0, 0.1) is 0 Å². The minimum atomic E-state index is -1.06. The van der Waals surface area contributed by atoms with Gasteiger partial charge in [-0.25, -0.2) is 0 Å². The lowest BCUT2D eigenvalue weighted by Gasteiger charge is -2.17. The molecule has 7 heteroatoms. The molecule has 0 unspecified atom stereocenters. The van der Waals surface area contributed by atoms with Gasteiger partial charge in [0.1, 0.15) is 10.9 Å². The summed E-state index contributed by atoms with van der Waals surface area (Å²) >= 11 is 12.6. The summed E-state index contributed by atoms with van der Waals surface area (Å²) in [6, 6.07) is 1.45. The highest BCUT2D eigenvalue weighted by molar-refractivity contribution is 7.20. The van der Waals surface area contributed by atoms with Crippen LogP contribution in [0.4, 0.5) is 0 Å². The molecule has 0 spiro atoms. The van der Waals surface area contributed by atoms with E-state index >= 15 is 0 Å². The summed E-state index contributed by atoms with van der Waals surface area (Å²) in [6.45, 7) is 1.65. The number of halogens is 2. The fraction of sp³-hybridized carbons (Fsp3) is 0.333. The molecule has 0 saturated carbocycles. The molecule has 1 amide bonds. The number of thiophene rings is 1. The first-order valence-electron chi connectivity index (χ1n) is 4.41. The van der Waals surface area contributed by atoms with Crippen LogP contribution in [0.1, 0.15) is 17.3 Å². The zero-order chi connectivity index (χ0) is 12.3. The maximum absolute atomic E-state index is 11.9. The van der Waals surface area contributed by atoms with Crippen LogP contribution in [-0.4, -0.2) is 35.0 Å². The van der Waals surface area contributed by atoms with Gasteiger partial charge in [-0.15, -0.1) is 11.3 Å². The van der Waals surface area contributed by atoms with E-state index in [0.29, 0.717) is 10.9 Å². The Balaban J connectivity index is 2.91. The molecule has 0 aliphatic carbocycles. The van der Waals surface area contributed by atoms with Crippen LogP contribution in [0.5, 0.6) is 0 Å². The lowest BCUT2D eigenvalue weighted by atomic mass is 10.3. The quantitative estimate of drug-likeness (QED) is 0.923. The zero-order valence-electron chi connectivity index (χ0n) is 8.37. The molecule has 4 nitrogen and oxygen atoms in total. The number of nitrogens with zero attached hydrogens (tertiary/aromatic N) is 1. The number of hydrogen-bond donors (Lipinski definition) is 1. The summed E-state index contributed by atoms with van der Waals surface area (Å²) in [5.74, 6) is -1.48. The largest absolute Gasteiger partial charge is 0.480 e. The molecule has 0 bridgehead atoms. The van der Waals surface area contributed by atoms with Gasteiger partial charge >= 0.3 is 5.97 Å². The molecule has 0 fully saturated rings. The van der Waals surface area contributed by atoms with Crippen molar-refractivity contribution in [3.63, 3.8) is 0 Å². The van der Waals surface area contributed by atoms with Crippen molar-refractivity contribution >= 4 is 46.4 Å². The molecule has 1 aromatic heterocycles. The summed E-state index contributed by atoms with van der Waals surface area (Å²) < 4.78 is 0.679. The van der Waals surface area contributed by atoms with E-state index < -0.39 is 11.9 Å². The van der Waals surface area contributed by atoms with Gasteiger partial charge in [0.2, 0.25) is 0 Å². The average Bonchev–Trinajstić information content (AvgIpc) is 2.53. The van der Waals surface area contributed by atoms with Gasteiger partial charge in [0.25, 0.3) is 5.91 Å². The van der Waals surface area contributed by atoms with Crippen LogP contribution in [0.25, 0.3) is 0 Å². The molecule has 1 rings (SSSR count). The number of carbonyl (C=O) groups excluding carboxylic acids is 1. The van der Waals surface area contributed by atoms with E-state index in [1.807, 2.05) is 0 Å². The summed E-state index contributed by atoms with van der Waals surface area (Å²) in [5, 5.41) is 8.63. The highest BCUT2D eigenvalue weighted by Crippen LogP contribution is 2.31. The molecule has 0 aliphatic heterocycles. The van der Waals surface area contributed by atoms with Gasteiger partial charge in [-0.2, -0.15) is 0 Å². The second-order valence-corrected chi connectivity index (χ2v) is 5.24. The Labute approximate surface area is 106 Å². The summed E-state index contributed by atoms with van der Waals surface area (Å²) in [6.07, 6.45) is 0. The predicted molar refractivity (Wildman–Crippen MR) is 63.6 cm³/mol. The zero-order valence-corrected chi connectivity index (χ0v) is 10.7. The second kappa shape index (κ2) is 5.52. The third kappa shape index (κ3) is 3.10. The topological polar surface area (TPSA) is 57.6 Å². The first-order chi connectivity index (χ1) is 7.45. The first-order valence-corrected chi connectivity index (χ1v) is 5.98. The Morgan fingerprint density at radius 3 is 2.50 bits per heavy atom. The van der Waals surface area contributed by atoms with E-state index in [1.54, 1.807) is 6.92 Å². The fourth-order valence-corrected chi connectivity index (χ4v) is 2.59. The highest BCUT2D eigenvalue weighted by Gasteiger charge is 2.21. The van der Waals surface area contributed by atoms with Crippen LogP contribution in [0.3, 0.4) is 0 Å². The number of aliphatic carboxylic acids is 1. The minimum Gasteiger partial charge on any atom is -0.480 e. The van der Waals surface area contributed by atoms with Crippen LogP contribution in [-0.2, 0) is 4.79 Å². The van der Waals surface area contributed by atoms with Crippen molar-refractivity contribution in [1.82, 2.24) is 4.90 Å². The maximum Gasteiger partial charge on any atom is 0.323 e. The van der Waals surface area contributed by atoms with Crippen molar-refractivity contribution in [2.45, 2.75) is 6.92 Å². The molecular formula is C9H9Cl2NO3S. The van der Waals surface area contributed by atoms with Crippen LogP contribution in [0.2, 0.25) is 8.67 Å². The number of carboxylic acid groups (broad SMARTS) is 1. The Kier molecular flexibility index (Phi) is 4.58. The predicted octanol–water partition coefficient (Wildman–Crippen LogP) is 2.60. The molecule has 0 atom stereocenters. The minimum absolute atomic E-state index is 0.250. The number of carbonyl (C=O) groups is 2. The standard InChI is InChI=1S/C9H9Cl2NO3S/c1-2-12(4-7(13)14)9(15)5-3-6(10)16-8(5)11/h3H,2,4H2,1H3,(H,13,14). The van der Waals surface area contributed by atoms with Gasteiger partial charge < -0.3 is 10.0 Å². The highest BCUT2D eigenvalue weighted by atomic mass is 35.5. The van der Waals surface area contributed by atoms with Crippen LogP contribution in [0.15, 0.2) is 6.07 Å². The molecule has 0 aromatic carbocycles. The van der Waals surface area contributed by atoms with E-state index in [1.165, 1.54) is 11.0 Å². The molecule has 88 valence electrons. The van der Waals surface area contributed by atoms with Gasteiger partial charge in [-0.05, 0) is 13.0 Å². The first kappa shape index (κ1) is 13.3. The third-order valence-corrected chi connectivity index (χ3v) is 3.37. The lowest BCUT2D eigenvalue weighted by Crippen LogP contribution is -2.35. The molecule has 1 aromatic rings. The third-order valence-electron chi connectivity index (χ3n) is 1.88. The number of rotatable bonds is 4. The van der Waals surface area contributed by atoms with Crippen molar-refractivity contribution < 1.29 is 14.7 Å². The smallest absolute Gasteiger partial charge is 0.323 e. The number of hydrogen-bond acceptors (Lipinski definition) is 3. The number of likely N-dealkylation sites (N-methyl/N-ethyl adjacent to an activating group) is 1. The van der Waals surface area contributed by atoms with E-state index in [2.05, 4.69) is 0 Å². The van der Waals surface area contributed by atoms with Crippen molar-refractivity contribution in [1.29, 1.82) is 0 Å². The molecule has 1 heterocycles. The molecule has 0 aliphatic rings. The van der Waals surface area contributed by atoms with Crippen molar-refractivity contribution in [2.75, 3.05) is 13.1 Å². The van der Waals surface area contributed by atoms with E-state index in [-0.39, 0.29) is 16.4 Å². The summed E-state index contributed by atoms with van der Waals surface area (Å²) in [7, 11) is 0. The number of amides is 1. The monoisotopic (exact) mass is 281 g/mol. The summed E-state index contributed by atoms with van der Waals surface area (Å²) in [4.78, 5) is 23.6. The van der Waals surface area contributed by atoms with Gasteiger partial charge in [-0.1, -0.05) is 23.2 Å². The maximum atomic E-state index is 11.9. The lowest BCUT2D eigenvalue weighted by molar-refractivity contribution is -0.137. The molecule has 1 N–H and O–H groups in total. The Bertz CT molecular complexity index is 419. The van der Waals surface area contributed by atoms with Crippen molar-refractivity contribution in [3.05, 3.63) is 20.3 Å². The Morgan fingerprint density at radius 2 is 2.12 bits per heavy atom. The normalized spacial score (nSPS) is 10.2. The molecular weight excluding hydrogens is 273 g/mol. The van der Waals surface area contributed by atoms with Gasteiger partial charge in [0, 0.05) is 6.54 Å². The summed E-state index contributed by atoms with van der Waals surface area (Å²) in [5.41, 5.74) is 0.250. The van der Waals surface area contributed by atoms with Crippen molar-refractivity contribution in [3.8, 4) is 0 Å². The SMILES string of the molecule is CCN(CC(=O)O)C(=O)c1cc(Cl)sc1Cl. The molecule has 0 saturated heterocycles. The fourth-order valence-electron chi connectivity index (χ4n) is 1.15. The molecule has 16 heavy (non-hydrogen) atoms. The van der Waals surface area contributed by atoms with E-state index in [9.17, 15) is 9.59 Å². The van der Waals surface area contributed by atoms with Gasteiger partial charge in [-0.3, -0.25) is 9.59 Å². The Morgan fingerprint density at radius 1 is 1.50 bits per heavy atom. The van der Waals surface area contributed by atoms with Crippen LogP contribution >= 0.6 is 34.5 Å². The van der Waals surface area contributed by atoms with E-state index in [4.69, 9.17) is 28.3 Å². The van der Waals surface area contributed by atoms with Gasteiger partial charge in [0.05, 0.1) is 9.90 Å². The average molecular weight is 282 g/mol. The van der Waals surface area contributed by atoms with Gasteiger partial charge in [0.15, 0.2) is 0 Å². The number of carboxylic acids is 1. The van der Waals surface area contributed by atoms with Crippen LogP contribution < -0.4 is 0 Å². The molecule has 0 radical (unpaired) electrons. The second-order valence-electron chi connectivity index (χ2n) is 2.95. The van der Waals surface area contributed by atoms with E-state index in [0.717, 1.165) is 11.3 Å².